The van der Waals surface area contributed by atoms with Gasteiger partial charge in [0.15, 0.2) is 0 Å². The summed E-state index contributed by atoms with van der Waals surface area (Å²) in [6.45, 7) is 7.32. The highest BCUT2D eigenvalue weighted by Gasteiger charge is 2.18. The van der Waals surface area contributed by atoms with Crippen LogP contribution in [0.1, 0.15) is 40.0 Å². The summed E-state index contributed by atoms with van der Waals surface area (Å²) in [6.07, 6.45) is 3.29. The molecule has 1 amide bonds. The number of ether oxygens (including phenoxy) is 1. The third-order valence-corrected chi connectivity index (χ3v) is 2.30. The molecule has 0 spiro atoms. The van der Waals surface area contributed by atoms with Crippen LogP contribution in [0.15, 0.2) is 0 Å². The van der Waals surface area contributed by atoms with E-state index >= 15 is 0 Å². The van der Waals surface area contributed by atoms with Gasteiger partial charge in [0.1, 0.15) is 5.60 Å². The Hall–Kier alpha value is -0.480. The lowest BCUT2D eigenvalue weighted by Crippen LogP contribution is -2.44. The van der Waals surface area contributed by atoms with Crippen LogP contribution in [-0.4, -0.2) is 30.8 Å². The lowest BCUT2D eigenvalue weighted by molar-refractivity contribution is 0.0520. The van der Waals surface area contributed by atoms with Crippen molar-refractivity contribution < 1.29 is 9.53 Å². The fraction of sp³-hybridized carbons (Fsp3) is 0.909. The number of rotatable bonds is 2. The van der Waals surface area contributed by atoms with Crippen molar-refractivity contribution >= 4 is 18.5 Å². The number of carbonyl (C=O) groups excluding carboxylic acids is 1. The third-order valence-electron chi connectivity index (χ3n) is 2.30. The van der Waals surface area contributed by atoms with E-state index in [1.54, 1.807) is 0 Å². The van der Waals surface area contributed by atoms with E-state index in [2.05, 4.69) is 10.6 Å². The second kappa shape index (κ2) is 6.97. The van der Waals surface area contributed by atoms with Crippen molar-refractivity contribution in [3.63, 3.8) is 0 Å². The molecule has 1 saturated heterocycles. The van der Waals surface area contributed by atoms with E-state index < -0.39 is 5.60 Å². The van der Waals surface area contributed by atoms with Gasteiger partial charge in [-0.2, -0.15) is 0 Å². The first kappa shape index (κ1) is 15.5. The highest BCUT2D eigenvalue weighted by Crippen LogP contribution is 2.08. The largest absolute Gasteiger partial charge is 0.444 e. The number of hydrogen-bond acceptors (Lipinski definition) is 3. The molecule has 5 heteroatoms. The molecule has 96 valence electrons. The van der Waals surface area contributed by atoms with Gasteiger partial charge in [0.25, 0.3) is 0 Å². The lowest BCUT2D eigenvalue weighted by Gasteiger charge is -2.25. The van der Waals surface area contributed by atoms with Gasteiger partial charge in [-0.1, -0.05) is 6.42 Å². The molecule has 1 unspecified atom stereocenters. The molecule has 1 heterocycles. The SMILES string of the molecule is CC(C)(C)OC(=O)NCC1CCCCN1.Cl. The second-order valence-corrected chi connectivity index (χ2v) is 5.03. The first-order valence-electron chi connectivity index (χ1n) is 5.67. The summed E-state index contributed by atoms with van der Waals surface area (Å²) in [5.74, 6) is 0. The minimum Gasteiger partial charge on any atom is -0.444 e. The van der Waals surface area contributed by atoms with Gasteiger partial charge >= 0.3 is 6.09 Å². The van der Waals surface area contributed by atoms with E-state index in [4.69, 9.17) is 4.74 Å². The average molecular weight is 251 g/mol. The molecule has 1 rings (SSSR count). The standard InChI is InChI=1S/C11H22N2O2.ClH/c1-11(2,3)15-10(14)13-8-9-6-4-5-7-12-9;/h9,12H,4-8H2,1-3H3,(H,13,14);1H. The average Bonchev–Trinajstić information content (AvgIpc) is 2.14. The molecule has 16 heavy (non-hydrogen) atoms. The van der Waals surface area contributed by atoms with Crippen molar-refractivity contribution in [1.29, 1.82) is 0 Å². The Morgan fingerprint density at radius 3 is 2.62 bits per heavy atom. The van der Waals surface area contributed by atoms with Crippen LogP contribution >= 0.6 is 12.4 Å². The van der Waals surface area contributed by atoms with E-state index in [-0.39, 0.29) is 18.5 Å². The Kier molecular flexibility index (Phi) is 6.76. The summed E-state index contributed by atoms with van der Waals surface area (Å²) in [4.78, 5) is 11.3. The maximum atomic E-state index is 11.3. The molecule has 0 aromatic carbocycles. The molecular weight excluding hydrogens is 228 g/mol. The maximum absolute atomic E-state index is 11.3. The lowest BCUT2D eigenvalue weighted by atomic mass is 10.1. The van der Waals surface area contributed by atoms with Gasteiger partial charge < -0.3 is 15.4 Å². The molecular formula is C11H23ClN2O2. The molecule has 1 aliphatic heterocycles. The molecule has 0 aromatic rings. The quantitative estimate of drug-likeness (QED) is 0.789. The molecule has 1 fully saturated rings. The van der Waals surface area contributed by atoms with E-state index in [9.17, 15) is 4.79 Å². The molecule has 1 atom stereocenters. The van der Waals surface area contributed by atoms with Gasteiger partial charge in [-0.25, -0.2) is 4.79 Å². The first-order chi connectivity index (χ1) is 6.97. The van der Waals surface area contributed by atoms with E-state index in [0.717, 1.165) is 13.0 Å². The number of nitrogens with one attached hydrogen (secondary N) is 2. The van der Waals surface area contributed by atoms with Crippen molar-refractivity contribution in [2.24, 2.45) is 0 Å². The number of hydrogen-bond donors (Lipinski definition) is 2. The summed E-state index contributed by atoms with van der Waals surface area (Å²) in [6, 6.07) is 0.409. The fourth-order valence-corrected chi connectivity index (χ4v) is 1.62. The number of amides is 1. The second-order valence-electron chi connectivity index (χ2n) is 5.03. The normalized spacial score (nSPS) is 20.8. The van der Waals surface area contributed by atoms with Gasteiger partial charge in [0.2, 0.25) is 0 Å². The Morgan fingerprint density at radius 1 is 1.44 bits per heavy atom. The van der Waals surface area contributed by atoms with Crippen molar-refractivity contribution in [1.82, 2.24) is 10.6 Å². The molecule has 0 bridgehead atoms. The minimum atomic E-state index is -0.413. The zero-order valence-electron chi connectivity index (χ0n) is 10.3. The monoisotopic (exact) mass is 250 g/mol. The zero-order valence-corrected chi connectivity index (χ0v) is 11.2. The van der Waals surface area contributed by atoms with Gasteiger partial charge in [0.05, 0.1) is 0 Å². The van der Waals surface area contributed by atoms with Crippen molar-refractivity contribution in [2.75, 3.05) is 13.1 Å². The molecule has 0 aliphatic carbocycles. The Labute approximate surface area is 104 Å². The summed E-state index contributed by atoms with van der Waals surface area (Å²) in [7, 11) is 0. The van der Waals surface area contributed by atoms with E-state index in [1.165, 1.54) is 12.8 Å². The molecule has 2 N–H and O–H groups in total. The first-order valence-corrected chi connectivity index (χ1v) is 5.67. The summed E-state index contributed by atoms with van der Waals surface area (Å²) in [5.41, 5.74) is -0.413. The van der Waals surface area contributed by atoms with Crippen molar-refractivity contribution in [3.05, 3.63) is 0 Å². The van der Waals surface area contributed by atoms with Crippen molar-refractivity contribution in [2.45, 2.75) is 51.7 Å². The van der Waals surface area contributed by atoms with E-state index in [1.807, 2.05) is 20.8 Å². The Morgan fingerprint density at radius 2 is 2.12 bits per heavy atom. The van der Waals surface area contributed by atoms with Crippen LogP contribution < -0.4 is 10.6 Å². The molecule has 0 radical (unpaired) electrons. The predicted molar refractivity (Wildman–Crippen MR) is 67.1 cm³/mol. The van der Waals surface area contributed by atoms with Crippen LogP contribution in [0.3, 0.4) is 0 Å². The molecule has 0 aromatic heterocycles. The fourth-order valence-electron chi connectivity index (χ4n) is 1.62. The van der Waals surface area contributed by atoms with Crippen LogP contribution in [0, 0.1) is 0 Å². The van der Waals surface area contributed by atoms with E-state index in [0.29, 0.717) is 12.6 Å². The van der Waals surface area contributed by atoms with Crippen LogP contribution in [0.25, 0.3) is 0 Å². The van der Waals surface area contributed by atoms with Crippen molar-refractivity contribution in [3.8, 4) is 0 Å². The number of carbonyl (C=O) groups is 1. The van der Waals surface area contributed by atoms with Crippen LogP contribution in [0.4, 0.5) is 4.79 Å². The maximum Gasteiger partial charge on any atom is 0.407 e. The molecule has 0 saturated carbocycles. The summed E-state index contributed by atoms with van der Waals surface area (Å²) in [5, 5.41) is 6.15. The zero-order chi connectivity index (χ0) is 11.3. The minimum absolute atomic E-state index is 0. The van der Waals surface area contributed by atoms with Crippen LogP contribution in [-0.2, 0) is 4.74 Å². The highest BCUT2D eigenvalue weighted by atomic mass is 35.5. The number of halogens is 1. The van der Waals surface area contributed by atoms with Crippen LogP contribution in [0.5, 0.6) is 0 Å². The smallest absolute Gasteiger partial charge is 0.407 e. The van der Waals surface area contributed by atoms with Gasteiger partial charge in [-0.3, -0.25) is 0 Å². The number of piperidine rings is 1. The third kappa shape index (κ3) is 6.90. The predicted octanol–water partition coefficient (Wildman–Crippen LogP) is 2.07. The van der Waals surface area contributed by atoms with Gasteiger partial charge in [0, 0.05) is 12.6 Å². The van der Waals surface area contributed by atoms with Crippen LogP contribution in [0.2, 0.25) is 0 Å². The van der Waals surface area contributed by atoms with Gasteiger partial charge in [-0.15, -0.1) is 12.4 Å². The number of alkyl carbamates (subject to hydrolysis) is 1. The Balaban J connectivity index is 0.00000225. The summed E-state index contributed by atoms with van der Waals surface area (Å²) < 4.78 is 5.15. The molecule has 4 nitrogen and oxygen atoms in total. The Bertz CT molecular complexity index is 211. The van der Waals surface area contributed by atoms with Gasteiger partial charge in [-0.05, 0) is 40.2 Å². The topological polar surface area (TPSA) is 50.4 Å². The highest BCUT2D eigenvalue weighted by molar-refractivity contribution is 5.85. The molecule has 1 aliphatic rings. The summed E-state index contributed by atoms with van der Waals surface area (Å²) >= 11 is 0.